The number of rotatable bonds is 0. The molecule has 0 spiro atoms. The molecule has 0 aromatic carbocycles. The van der Waals surface area contributed by atoms with Crippen molar-refractivity contribution in [3.63, 3.8) is 0 Å². The molecule has 0 unspecified atom stereocenters. The molecule has 0 atom stereocenters. The third-order valence-electron chi connectivity index (χ3n) is 0. The maximum atomic E-state index is 3.24. The third kappa shape index (κ3) is 13.6. The first-order valence-corrected chi connectivity index (χ1v) is 0.854. The zero-order valence-electron chi connectivity index (χ0n) is 2.78. The first kappa shape index (κ1) is 8.85. The zero-order valence-corrected chi connectivity index (χ0v) is 5.62. The predicted octanol–water partition coefficient (Wildman–Crippen LogP) is 0.993. The molecule has 0 aliphatic carbocycles. The summed E-state index contributed by atoms with van der Waals surface area (Å²) in [4.78, 5) is 0. The van der Waals surface area contributed by atoms with Crippen molar-refractivity contribution in [1.82, 2.24) is 0 Å². The van der Waals surface area contributed by atoms with E-state index in [0.717, 1.165) is 0 Å². The second kappa shape index (κ2) is 9.14. The maximum Gasteiger partial charge on any atom is 3.00 e. The smallest absolute Gasteiger partial charge is 0.507 e. The molecule has 0 fully saturated rings. The van der Waals surface area contributed by atoms with Crippen LogP contribution >= 0.6 is 0 Å². The minimum atomic E-state index is 0. The Morgan fingerprint density at radius 3 is 1.75 bits per heavy atom. The van der Waals surface area contributed by atoms with Gasteiger partial charge in [0.25, 0.3) is 0 Å². The van der Waals surface area contributed by atoms with Crippen molar-refractivity contribution in [3.8, 4) is 0 Å². The van der Waals surface area contributed by atoms with Gasteiger partial charge in [-0.15, -0.1) is 0 Å². The summed E-state index contributed by atoms with van der Waals surface area (Å²) in [5, 5.41) is 0. The van der Waals surface area contributed by atoms with Crippen LogP contribution in [0.3, 0.4) is 0 Å². The summed E-state index contributed by atoms with van der Waals surface area (Å²) in [7, 11) is 0. The number of hydrogen-bond acceptors (Lipinski definition) is 0. The topological polar surface area (TPSA) is 0 Å². The van der Waals surface area contributed by atoms with Crippen LogP contribution < -0.4 is 0 Å². The van der Waals surface area contributed by atoms with Gasteiger partial charge in [0.1, 0.15) is 0 Å². The van der Waals surface area contributed by atoms with Crippen LogP contribution in [0.4, 0.5) is 0 Å². The van der Waals surface area contributed by atoms with E-state index in [-0.39, 0.29) is 32.7 Å². The van der Waals surface area contributed by atoms with Crippen LogP contribution in [0.1, 0.15) is 6.92 Å². The van der Waals surface area contributed by atoms with Gasteiger partial charge in [0, 0.05) is 0 Å². The van der Waals surface area contributed by atoms with Crippen molar-refractivity contribution in [2.24, 2.45) is 0 Å². The van der Waals surface area contributed by atoms with Crippen molar-refractivity contribution < 1.29 is 32.7 Å². The molecule has 0 saturated heterocycles. The Kier molecular flexibility index (Phi) is 20.2. The second-order valence-corrected chi connectivity index (χ2v) is 0.354. The normalized spacial score (nSPS) is 3.25. The van der Waals surface area contributed by atoms with Crippen LogP contribution in [0.5, 0.6) is 0 Å². The van der Waals surface area contributed by atoms with Crippen LogP contribution in [0.15, 0.2) is 6.58 Å². The van der Waals surface area contributed by atoms with Gasteiger partial charge in [-0.2, -0.15) is 6.92 Å². The van der Waals surface area contributed by atoms with Crippen molar-refractivity contribution >= 4 is 0 Å². The van der Waals surface area contributed by atoms with Gasteiger partial charge in [-0.25, -0.2) is 0 Å². The number of hydrogen-bond donors (Lipinski definition) is 0. The summed E-state index contributed by atoms with van der Waals surface area (Å²) in [6.45, 7) is 5.00. The summed E-state index contributed by atoms with van der Waals surface area (Å²) in [5.74, 6) is 0. The molecule has 0 nitrogen and oxygen atoms in total. The van der Waals surface area contributed by atoms with Crippen LogP contribution in [-0.2, 0) is 32.7 Å². The quantitative estimate of drug-likeness (QED) is 0.429. The minimum Gasteiger partial charge on any atom is -0.507 e. The molecule has 0 radical (unpaired) electrons. The standard InChI is InChI=1S/C3H5.Y/c1-3-2;/h1H2,2H3;/q-1;+3. The molecule has 0 aromatic rings. The zero-order chi connectivity index (χ0) is 2.71. The van der Waals surface area contributed by atoms with Crippen molar-refractivity contribution in [1.29, 1.82) is 0 Å². The van der Waals surface area contributed by atoms with Crippen molar-refractivity contribution in [2.75, 3.05) is 0 Å². The Morgan fingerprint density at radius 1 is 1.75 bits per heavy atom. The van der Waals surface area contributed by atoms with Crippen molar-refractivity contribution in [3.05, 3.63) is 12.7 Å². The Bertz CT molecular complexity index is 10.8. The van der Waals surface area contributed by atoms with Crippen LogP contribution in [0.2, 0.25) is 0 Å². The Morgan fingerprint density at radius 2 is 1.75 bits per heavy atom. The summed E-state index contributed by atoms with van der Waals surface area (Å²) in [6.07, 6.45) is 2.50. The van der Waals surface area contributed by atoms with Crippen LogP contribution in [0.25, 0.3) is 0 Å². The molecular formula is C3H5Y+2. The Labute approximate surface area is 52.2 Å². The van der Waals surface area contributed by atoms with E-state index in [1.165, 1.54) is 0 Å². The first-order valence-electron chi connectivity index (χ1n) is 0.854. The van der Waals surface area contributed by atoms with Gasteiger partial charge in [-0.05, 0) is 0 Å². The third-order valence-corrected chi connectivity index (χ3v) is 0. The fraction of sp³-hybridized carbons (Fsp3) is 0.333. The maximum absolute atomic E-state index is 3.24. The molecule has 0 N–H and O–H groups in total. The van der Waals surface area contributed by atoms with Gasteiger partial charge in [0.15, 0.2) is 0 Å². The van der Waals surface area contributed by atoms with E-state index in [2.05, 4.69) is 12.7 Å². The monoisotopic (exact) mass is 130 g/mol. The summed E-state index contributed by atoms with van der Waals surface area (Å²) in [6, 6.07) is 0. The molecule has 0 bridgehead atoms. The van der Waals surface area contributed by atoms with E-state index in [0.29, 0.717) is 0 Å². The van der Waals surface area contributed by atoms with Gasteiger partial charge >= 0.3 is 32.7 Å². The molecule has 18 valence electrons. The van der Waals surface area contributed by atoms with E-state index < -0.39 is 0 Å². The fourth-order valence-corrected chi connectivity index (χ4v) is 0. The van der Waals surface area contributed by atoms with E-state index in [1.54, 1.807) is 6.92 Å². The summed E-state index contributed by atoms with van der Waals surface area (Å²) in [5.41, 5.74) is 0. The van der Waals surface area contributed by atoms with E-state index >= 15 is 0 Å². The Hall–Kier alpha value is 0.844. The van der Waals surface area contributed by atoms with Gasteiger partial charge < -0.3 is 6.08 Å². The molecule has 0 aliphatic heterocycles. The predicted molar refractivity (Wildman–Crippen MR) is 14.5 cm³/mol. The second-order valence-electron chi connectivity index (χ2n) is 0.354. The summed E-state index contributed by atoms with van der Waals surface area (Å²) < 4.78 is 0. The van der Waals surface area contributed by atoms with E-state index in [9.17, 15) is 0 Å². The first-order chi connectivity index (χ1) is 1.41. The largest absolute Gasteiger partial charge is 3.00 e. The molecule has 0 rings (SSSR count). The van der Waals surface area contributed by atoms with E-state index in [4.69, 9.17) is 0 Å². The van der Waals surface area contributed by atoms with Gasteiger partial charge in [0.05, 0.1) is 0 Å². The van der Waals surface area contributed by atoms with Gasteiger partial charge in [0.2, 0.25) is 0 Å². The molecule has 4 heavy (non-hydrogen) atoms. The van der Waals surface area contributed by atoms with Gasteiger partial charge in [-0.1, -0.05) is 0 Å². The average Bonchev–Trinajstić information content (AvgIpc) is 0.918. The molecule has 0 amide bonds. The fourth-order valence-electron chi connectivity index (χ4n) is 0. The number of allylic oxidation sites excluding steroid dienone is 1. The van der Waals surface area contributed by atoms with Crippen LogP contribution in [-0.4, -0.2) is 0 Å². The van der Waals surface area contributed by atoms with Gasteiger partial charge in [-0.3, -0.25) is 6.58 Å². The molecule has 0 aliphatic rings. The summed E-state index contributed by atoms with van der Waals surface area (Å²) >= 11 is 0. The molecule has 0 heterocycles. The molecule has 0 saturated carbocycles. The van der Waals surface area contributed by atoms with E-state index in [1.807, 2.05) is 0 Å². The molecule has 0 aromatic heterocycles. The Balaban J connectivity index is 0. The average molecular weight is 130 g/mol. The van der Waals surface area contributed by atoms with Crippen LogP contribution in [0, 0.1) is 6.08 Å². The van der Waals surface area contributed by atoms with Crippen molar-refractivity contribution in [2.45, 2.75) is 6.92 Å². The molecular weight excluding hydrogens is 125 g/mol. The SMILES string of the molecule is C=[C-]C.[Y+3]. The molecule has 1 heteroatoms. The minimum absolute atomic E-state index is 0.